The third kappa shape index (κ3) is 4.20. The molecule has 4 nitrogen and oxygen atoms in total. The van der Waals surface area contributed by atoms with Crippen LogP contribution in [0.5, 0.6) is 5.75 Å². The lowest BCUT2D eigenvalue weighted by molar-refractivity contribution is -0.189. The lowest BCUT2D eigenvalue weighted by Gasteiger charge is -2.39. The third-order valence-electron chi connectivity index (χ3n) is 10.4. The highest BCUT2D eigenvalue weighted by Gasteiger charge is 2.69. The molecule has 3 aliphatic carbocycles. The molecule has 2 bridgehead atoms. The SMILES string of the molecule is CC1(C)[C@@H]2CC[C@@]1(C)[C@H]1O[C@H](O[C@@H](CNC3CCCCC3)COc3cccc4ccccc34)C[C@@H]21. The summed E-state index contributed by atoms with van der Waals surface area (Å²) in [5.74, 6) is 2.34. The summed E-state index contributed by atoms with van der Waals surface area (Å²) in [5, 5.41) is 6.18. The molecule has 2 aromatic carbocycles. The maximum absolute atomic E-state index is 6.70. The van der Waals surface area contributed by atoms with Crippen molar-refractivity contribution in [3.63, 3.8) is 0 Å². The average molecular weight is 478 g/mol. The molecule has 1 N–H and O–H groups in total. The second-order valence-electron chi connectivity index (χ2n) is 12.5. The van der Waals surface area contributed by atoms with Crippen LogP contribution in [0.3, 0.4) is 0 Å². The summed E-state index contributed by atoms with van der Waals surface area (Å²) < 4.78 is 19.8. The molecule has 4 fully saturated rings. The maximum atomic E-state index is 6.70. The van der Waals surface area contributed by atoms with E-state index in [1.165, 1.54) is 50.3 Å². The zero-order valence-electron chi connectivity index (χ0n) is 21.8. The molecule has 35 heavy (non-hydrogen) atoms. The van der Waals surface area contributed by atoms with Crippen LogP contribution in [0, 0.1) is 22.7 Å². The van der Waals surface area contributed by atoms with Crippen LogP contribution in [0.2, 0.25) is 0 Å². The molecule has 0 spiro atoms. The molecule has 0 amide bonds. The van der Waals surface area contributed by atoms with E-state index in [0.29, 0.717) is 30.1 Å². The topological polar surface area (TPSA) is 39.7 Å². The lowest BCUT2D eigenvalue weighted by atomic mass is 9.70. The molecule has 0 aromatic heterocycles. The number of hydrogen-bond acceptors (Lipinski definition) is 4. The van der Waals surface area contributed by atoms with Gasteiger partial charge in [-0.1, -0.05) is 76.4 Å². The molecule has 6 rings (SSSR count). The normalized spacial score (nSPS) is 34.8. The first kappa shape index (κ1) is 23.8. The van der Waals surface area contributed by atoms with Crippen LogP contribution in [-0.4, -0.2) is 37.7 Å². The van der Waals surface area contributed by atoms with E-state index in [0.717, 1.165) is 30.0 Å². The van der Waals surface area contributed by atoms with Crippen molar-refractivity contribution in [3.05, 3.63) is 42.5 Å². The van der Waals surface area contributed by atoms with Gasteiger partial charge in [0.1, 0.15) is 18.5 Å². The lowest BCUT2D eigenvalue weighted by Crippen LogP contribution is -2.42. The van der Waals surface area contributed by atoms with E-state index in [9.17, 15) is 0 Å². The zero-order valence-corrected chi connectivity index (χ0v) is 21.8. The number of hydrogen-bond donors (Lipinski definition) is 1. The van der Waals surface area contributed by atoms with Crippen LogP contribution in [-0.2, 0) is 9.47 Å². The summed E-state index contributed by atoms with van der Waals surface area (Å²) in [6.45, 7) is 8.76. The molecule has 190 valence electrons. The second kappa shape index (κ2) is 9.36. The minimum atomic E-state index is -0.115. The first-order valence-electron chi connectivity index (χ1n) is 14.1. The van der Waals surface area contributed by atoms with Gasteiger partial charge in [0.2, 0.25) is 0 Å². The fraction of sp³-hybridized carbons (Fsp3) is 0.677. The monoisotopic (exact) mass is 477 g/mol. The van der Waals surface area contributed by atoms with Gasteiger partial charge in [0.05, 0.1) is 6.10 Å². The van der Waals surface area contributed by atoms with Crippen molar-refractivity contribution in [2.75, 3.05) is 13.2 Å². The van der Waals surface area contributed by atoms with Gasteiger partial charge in [0.25, 0.3) is 0 Å². The van der Waals surface area contributed by atoms with Gasteiger partial charge in [0.15, 0.2) is 6.29 Å². The highest BCUT2D eigenvalue weighted by molar-refractivity contribution is 5.88. The molecule has 4 aliphatic rings. The Balaban J connectivity index is 1.14. The van der Waals surface area contributed by atoms with Gasteiger partial charge in [-0.25, -0.2) is 0 Å². The zero-order chi connectivity index (χ0) is 24.0. The van der Waals surface area contributed by atoms with E-state index < -0.39 is 0 Å². The van der Waals surface area contributed by atoms with Gasteiger partial charge >= 0.3 is 0 Å². The van der Waals surface area contributed by atoms with Gasteiger partial charge < -0.3 is 19.5 Å². The first-order chi connectivity index (χ1) is 17.0. The van der Waals surface area contributed by atoms with Crippen LogP contribution >= 0.6 is 0 Å². The summed E-state index contributed by atoms with van der Waals surface area (Å²) in [5.41, 5.74) is 0.641. The molecule has 6 atom stereocenters. The van der Waals surface area contributed by atoms with E-state index in [1.54, 1.807) is 0 Å². The molecule has 1 aliphatic heterocycles. The Labute approximate surface area is 211 Å². The van der Waals surface area contributed by atoms with Crippen LogP contribution in [0.1, 0.15) is 72.1 Å². The van der Waals surface area contributed by atoms with Gasteiger partial charge in [-0.2, -0.15) is 0 Å². The number of fused-ring (bicyclic) bond motifs is 6. The van der Waals surface area contributed by atoms with Crippen LogP contribution in [0.4, 0.5) is 0 Å². The Morgan fingerprint density at radius 2 is 1.80 bits per heavy atom. The van der Waals surface area contributed by atoms with Gasteiger partial charge in [0, 0.05) is 24.4 Å². The fourth-order valence-corrected chi connectivity index (χ4v) is 8.04. The summed E-state index contributed by atoms with van der Waals surface area (Å²) in [4.78, 5) is 0. The summed E-state index contributed by atoms with van der Waals surface area (Å²) in [6, 6.07) is 15.3. The van der Waals surface area contributed by atoms with E-state index in [1.807, 2.05) is 0 Å². The van der Waals surface area contributed by atoms with Crippen molar-refractivity contribution in [1.29, 1.82) is 0 Å². The van der Waals surface area contributed by atoms with E-state index in [4.69, 9.17) is 14.2 Å². The van der Waals surface area contributed by atoms with Crippen LogP contribution < -0.4 is 10.1 Å². The van der Waals surface area contributed by atoms with Crippen molar-refractivity contribution < 1.29 is 14.2 Å². The second-order valence-corrected chi connectivity index (χ2v) is 12.5. The number of benzene rings is 2. The van der Waals surface area contributed by atoms with Gasteiger partial charge in [-0.05, 0) is 59.8 Å². The highest BCUT2D eigenvalue weighted by Crippen LogP contribution is 2.71. The molecular formula is C31H43NO3. The van der Waals surface area contributed by atoms with Crippen molar-refractivity contribution in [2.45, 2.75) is 96.7 Å². The molecule has 2 aromatic rings. The minimum absolute atomic E-state index is 0.0295. The van der Waals surface area contributed by atoms with E-state index in [-0.39, 0.29) is 17.8 Å². The Morgan fingerprint density at radius 3 is 2.63 bits per heavy atom. The first-order valence-corrected chi connectivity index (χ1v) is 14.1. The Kier molecular flexibility index (Phi) is 6.35. The molecule has 0 radical (unpaired) electrons. The van der Waals surface area contributed by atoms with E-state index in [2.05, 4.69) is 68.6 Å². The minimum Gasteiger partial charge on any atom is -0.490 e. The van der Waals surface area contributed by atoms with E-state index >= 15 is 0 Å². The number of ether oxygens (including phenoxy) is 3. The summed E-state index contributed by atoms with van der Waals surface area (Å²) in [7, 11) is 0. The highest BCUT2D eigenvalue weighted by atomic mass is 16.7. The fourth-order valence-electron chi connectivity index (χ4n) is 8.04. The predicted octanol–water partition coefficient (Wildman–Crippen LogP) is 6.71. The van der Waals surface area contributed by atoms with Gasteiger partial charge in [-0.3, -0.25) is 0 Å². The molecule has 1 saturated heterocycles. The quantitative estimate of drug-likeness (QED) is 0.458. The molecule has 4 heteroatoms. The van der Waals surface area contributed by atoms with Gasteiger partial charge in [-0.15, -0.1) is 0 Å². The number of nitrogens with one attached hydrogen (secondary N) is 1. The Bertz CT molecular complexity index is 1030. The Hall–Kier alpha value is -1.62. The molecule has 1 heterocycles. The molecular weight excluding hydrogens is 434 g/mol. The Morgan fingerprint density at radius 1 is 1.00 bits per heavy atom. The van der Waals surface area contributed by atoms with Crippen molar-refractivity contribution in [1.82, 2.24) is 5.32 Å². The number of rotatable bonds is 8. The van der Waals surface area contributed by atoms with Crippen LogP contribution in [0.15, 0.2) is 42.5 Å². The predicted molar refractivity (Wildman–Crippen MR) is 141 cm³/mol. The molecule has 0 unspecified atom stereocenters. The largest absolute Gasteiger partial charge is 0.490 e. The summed E-state index contributed by atoms with van der Waals surface area (Å²) in [6.07, 6.45) is 10.4. The van der Waals surface area contributed by atoms with Crippen molar-refractivity contribution in [3.8, 4) is 5.75 Å². The smallest absolute Gasteiger partial charge is 0.158 e. The average Bonchev–Trinajstić information content (AvgIpc) is 3.44. The van der Waals surface area contributed by atoms with Crippen molar-refractivity contribution >= 4 is 10.8 Å². The third-order valence-corrected chi connectivity index (χ3v) is 10.4. The summed E-state index contributed by atoms with van der Waals surface area (Å²) >= 11 is 0. The standard InChI is InChI=1S/C31H43NO3/c1-30(2)26-16-17-31(30,3)29-25(26)18-28(35-29)34-23(19-32-22-12-5-4-6-13-22)20-33-27-15-9-11-21-10-7-8-14-24(21)27/h7-11,14-15,22-23,25-26,28-29,32H,4-6,12-13,16-20H2,1-3H3/t23-,25-,26+,28-,29-,31-/m0/s1. The van der Waals surface area contributed by atoms with Crippen LogP contribution in [0.25, 0.3) is 10.8 Å². The van der Waals surface area contributed by atoms with Crippen molar-refractivity contribution in [2.24, 2.45) is 22.7 Å². The molecule has 3 saturated carbocycles. The maximum Gasteiger partial charge on any atom is 0.158 e.